The number of carbonyl (C=O) groups excluding carboxylic acids is 4. The lowest BCUT2D eigenvalue weighted by atomic mass is 10.3. The molecule has 0 atom stereocenters. The third-order valence-corrected chi connectivity index (χ3v) is 5.54. The van der Waals surface area contributed by atoms with E-state index in [0.717, 1.165) is 5.03 Å². The van der Waals surface area contributed by atoms with Crippen molar-refractivity contribution >= 4 is 45.3 Å². The quantitative estimate of drug-likeness (QED) is 0.361. The van der Waals surface area contributed by atoms with Gasteiger partial charge < -0.3 is 10.2 Å². The molecule has 2 heterocycles. The van der Waals surface area contributed by atoms with Gasteiger partial charge in [-0.2, -0.15) is 0 Å². The summed E-state index contributed by atoms with van der Waals surface area (Å²) in [6.45, 7) is 0.327. The van der Waals surface area contributed by atoms with Crippen LogP contribution in [-0.2, 0) is 24.0 Å². The van der Waals surface area contributed by atoms with Crippen LogP contribution in [0, 0.1) is 0 Å². The van der Waals surface area contributed by atoms with Crippen LogP contribution in [0.15, 0.2) is 29.4 Å². The number of pyridine rings is 1. The summed E-state index contributed by atoms with van der Waals surface area (Å²) in [6, 6.07) is 5.65. The minimum Gasteiger partial charge on any atom is -0.356 e. The molecule has 0 radical (unpaired) electrons. The lowest BCUT2D eigenvalue weighted by Gasteiger charge is -2.12. The summed E-state index contributed by atoms with van der Waals surface area (Å²) in [6.07, 6.45) is 2.61. The monoisotopic (exact) mass is 397 g/mol. The standard InChI is InChI=1S/C16H19N3O5S2/c20-12(8-11-25-26-13-4-1-2-9-18-13)17-10-3-5-16(23)24-19-14(21)6-7-15(19)22/h1-2,4,9H,3,5-8,10-11H2,(H,17,20). The molecule has 1 N–H and O–H groups in total. The average molecular weight is 397 g/mol. The van der Waals surface area contributed by atoms with Crippen molar-refractivity contribution in [1.82, 2.24) is 15.4 Å². The van der Waals surface area contributed by atoms with Gasteiger partial charge in [0.15, 0.2) is 0 Å². The molecule has 3 amide bonds. The van der Waals surface area contributed by atoms with Crippen molar-refractivity contribution < 1.29 is 24.0 Å². The van der Waals surface area contributed by atoms with Crippen molar-refractivity contribution in [1.29, 1.82) is 0 Å². The van der Waals surface area contributed by atoms with E-state index in [1.807, 2.05) is 18.2 Å². The fourth-order valence-electron chi connectivity index (χ4n) is 1.99. The van der Waals surface area contributed by atoms with E-state index in [0.29, 0.717) is 30.2 Å². The maximum atomic E-state index is 11.7. The van der Waals surface area contributed by atoms with Crippen LogP contribution in [0.25, 0.3) is 0 Å². The molecular formula is C16H19N3O5S2. The summed E-state index contributed by atoms with van der Waals surface area (Å²) in [5.74, 6) is -1.12. The van der Waals surface area contributed by atoms with E-state index in [2.05, 4.69) is 10.3 Å². The molecule has 0 unspecified atom stereocenters. The lowest BCUT2D eigenvalue weighted by molar-refractivity contribution is -0.197. The van der Waals surface area contributed by atoms with Crippen LogP contribution < -0.4 is 5.32 Å². The molecule has 1 saturated heterocycles. The predicted molar refractivity (Wildman–Crippen MR) is 96.6 cm³/mol. The first-order valence-corrected chi connectivity index (χ1v) is 10.4. The Labute approximate surface area is 158 Å². The maximum absolute atomic E-state index is 11.7. The van der Waals surface area contributed by atoms with E-state index in [4.69, 9.17) is 4.84 Å². The highest BCUT2D eigenvalue weighted by molar-refractivity contribution is 8.76. The van der Waals surface area contributed by atoms with E-state index >= 15 is 0 Å². The number of nitrogens with one attached hydrogen (secondary N) is 1. The van der Waals surface area contributed by atoms with E-state index in [1.54, 1.807) is 17.0 Å². The first kappa shape index (κ1) is 20.2. The highest BCUT2D eigenvalue weighted by atomic mass is 33.1. The van der Waals surface area contributed by atoms with Gasteiger partial charge in [0.05, 0.1) is 0 Å². The SMILES string of the molecule is O=C(CCSSc1ccccn1)NCCCC(=O)ON1C(=O)CCC1=O. The largest absolute Gasteiger partial charge is 0.356 e. The molecular weight excluding hydrogens is 378 g/mol. The van der Waals surface area contributed by atoms with E-state index in [1.165, 1.54) is 10.8 Å². The van der Waals surface area contributed by atoms with Gasteiger partial charge in [0, 0.05) is 44.2 Å². The number of aromatic nitrogens is 1. The summed E-state index contributed by atoms with van der Waals surface area (Å²) in [7, 11) is 3.06. The van der Waals surface area contributed by atoms with Gasteiger partial charge in [0.25, 0.3) is 11.8 Å². The van der Waals surface area contributed by atoms with Gasteiger partial charge in [0.1, 0.15) is 5.03 Å². The fraction of sp³-hybridized carbons (Fsp3) is 0.438. The molecule has 1 aliphatic rings. The Balaban J connectivity index is 1.49. The van der Waals surface area contributed by atoms with Gasteiger partial charge in [-0.3, -0.25) is 14.4 Å². The molecule has 2 rings (SSSR count). The van der Waals surface area contributed by atoms with Crippen LogP contribution in [-0.4, -0.2) is 46.0 Å². The van der Waals surface area contributed by atoms with Crippen molar-refractivity contribution in [3.8, 4) is 0 Å². The Kier molecular flexibility index (Phi) is 8.42. The Hall–Kier alpha value is -2.07. The van der Waals surface area contributed by atoms with E-state index < -0.39 is 17.8 Å². The first-order valence-electron chi connectivity index (χ1n) is 8.10. The minimum absolute atomic E-state index is 0.0155. The second-order valence-electron chi connectivity index (χ2n) is 5.32. The first-order chi connectivity index (χ1) is 12.6. The second kappa shape index (κ2) is 10.8. The predicted octanol–water partition coefficient (Wildman–Crippen LogP) is 1.72. The zero-order chi connectivity index (χ0) is 18.8. The molecule has 140 valence electrons. The average Bonchev–Trinajstić information content (AvgIpc) is 2.95. The summed E-state index contributed by atoms with van der Waals surface area (Å²) in [5, 5.41) is 4.14. The topological polar surface area (TPSA) is 106 Å². The molecule has 1 fully saturated rings. The molecule has 0 aliphatic carbocycles. The van der Waals surface area contributed by atoms with Crippen molar-refractivity contribution in [3.63, 3.8) is 0 Å². The zero-order valence-corrected chi connectivity index (χ0v) is 15.6. The van der Waals surface area contributed by atoms with E-state index in [9.17, 15) is 19.2 Å². The smallest absolute Gasteiger partial charge is 0.333 e. The van der Waals surface area contributed by atoms with Gasteiger partial charge in [-0.15, -0.1) is 5.06 Å². The van der Waals surface area contributed by atoms with Crippen LogP contribution >= 0.6 is 21.6 Å². The molecule has 0 aromatic carbocycles. The van der Waals surface area contributed by atoms with Crippen LogP contribution in [0.5, 0.6) is 0 Å². The van der Waals surface area contributed by atoms with Gasteiger partial charge in [-0.1, -0.05) is 16.9 Å². The summed E-state index contributed by atoms with van der Waals surface area (Å²) >= 11 is 0. The number of imide groups is 1. The summed E-state index contributed by atoms with van der Waals surface area (Å²) in [5.41, 5.74) is 0. The number of hydrogen-bond donors (Lipinski definition) is 1. The maximum Gasteiger partial charge on any atom is 0.333 e. The van der Waals surface area contributed by atoms with Crippen molar-refractivity contribution in [2.75, 3.05) is 12.3 Å². The zero-order valence-electron chi connectivity index (χ0n) is 14.0. The Morgan fingerprint density at radius 1 is 1.19 bits per heavy atom. The molecule has 0 saturated carbocycles. The third-order valence-electron chi connectivity index (χ3n) is 3.27. The van der Waals surface area contributed by atoms with Crippen LogP contribution in [0.2, 0.25) is 0 Å². The molecule has 8 nitrogen and oxygen atoms in total. The number of amides is 3. The summed E-state index contributed by atoms with van der Waals surface area (Å²) < 4.78 is 0. The van der Waals surface area contributed by atoms with Crippen molar-refractivity contribution in [2.24, 2.45) is 0 Å². The molecule has 26 heavy (non-hydrogen) atoms. The number of nitrogens with zero attached hydrogens (tertiary/aromatic N) is 2. The Bertz CT molecular complexity index is 641. The van der Waals surface area contributed by atoms with Gasteiger partial charge in [-0.05, 0) is 29.3 Å². The van der Waals surface area contributed by atoms with Gasteiger partial charge >= 0.3 is 5.97 Å². The third kappa shape index (κ3) is 7.04. The number of hydrogen-bond acceptors (Lipinski definition) is 8. The van der Waals surface area contributed by atoms with Crippen molar-refractivity contribution in [2.45, 2.75) is 37.1 Å². The summed E-state index contributed by atoms with van der Waals surface area (Å²) in [4.78, 5) is 54.8. The number of rotatable bonds is 10. The number of hydroxylamine groups is 2. The minimum atomic E-state index is -0.662. The molecule has 0 bridgehead atoms. The fourth-order valence-corrected chi connectivity index (χ4v) is 3.86. The van der Waals surface area contributed by atoms with Gasteiger partial charge in [0.2, 0.25) is 5.91 Å². The molecule has 1 aromatic rings. The normalized spacial score (nSPS) is 13.8. The Morgan fingerprint density at radius 3 is 2.65 bits per heavy atom. The highest BCUT2D eigenvalue weighted by Crippen LogP contribution is 2.29. The highest BCUT2D eigenvalue weighted by Gasteiger charge is 2.32. The molecule has 1 aliphatic heterocycles. The van der Waals surface area contributed by atoms with E-state index in [-0.39, 0.29) is 25.2 Å². The van der Waals surface area contributed by atoms with Crippen LogP contribution in [0.3, 0.4) is 0 Å². The second-order valence-corrected chi connectivity index (χ2v) is 7.76. The van der Waals surface area contributed by atoms with Crippen LogP contribution in [0.1, 0.15) is 32.1 Å². The molecule has 0 spiro atoms. The molecule has 10 heteroatoms. The molecule has 1 aromatic heterocycles. The van der Waals surface area contributed by atoms with Gasteiger partial charge in [-0.25, -0.2) is 9.78 Å². The van der Waals surface area contributed by atoms with Crippen LogP contribution in [0.4, 0.5) is 0 Å². The Morgan fingerprint density at radius 2 is 1.96 bits per heavy atom. The lowest BCUT2D eigenvalue weighted by Crippen LogP contribution is -2.32. The van der Waals surface area contributed by atoms with Crippen molar-refractivity contribution in [3.05, 3.63) is 24.4 Å². The number of carbonyl (C=O) groups is 4.